The molecule has 4 aromatic rings. The van der Waals surface area contributed by atoms with Crippen molar-refractivity contribution in [2.75, 3.05) is 10.0 Å². The Hall–Kier alpha value is -4.31. The summed E-state index contributed by atoms with van der Waals surface area (Å²) in [5, 5.41) is 2.80. The van der Waals surface area contributed by atoms with E-state index in [4.69, 9.17) is 4.74 Å². The normalized spacial score (nSPS) is 11.1. The summed E-state index contributed by atoms with van der Waals surface area (Å²) in [4.78, 5) is 20.6. The van der Waals surface area contributed by atoms with E-state index in [-0.39, 0.29) is 22.2 Å². The average molecular weight is 493 g/mol. The molecule has 178 valence electrons. The molecule has 0 fully saturated rings. The number of hydrogen-bond acceptors (Lipinski definition) is 6. The maximum atomic E-state index is 13.8. The number of benzene rings is 3. The van der Waals surface area contributed by atoms with E-state index in [9.17, 15) is 17.6 Å². The fourth-order valence-corrected chi connectivity index (χ4v) is 4.22. The summed E-state index contributed by atoms with van der Waals surface area (Å²) in [5.41, 5.74) is 2.04. The van der Waals surface area contributed by atoms with Crippen LogP contribution in [0.25, 0.3) is 0 Å². The molecule has 0 bridgehead atoms. The fraction of sp³-hybridized carbons (Fsp3) is 0.0800. The average Bonchev–Trinajstić information content (AvgIpc) is 2.83. The number of nitrogens with zero attached hydrogens (tertiary/aromatic N) is 2. The first-order valence-electron chi connectivity index (χ1n) is 10.5. The molecule has 3 aromatic carbocycles. The van der Waals surface area contributed by atoms with E-state index < -0.39 is 21.7 Å². The minimum atomic E-state index is -4.04. The Bertz CT molecular complexity index is 1490. The number of rotatable bonds is 7. The molecule has 2 N–H and O–H groups in total. The second-order valence-corrected chi connectivity index (χ2v) is 9.34. The maximum absolute atomic E-state index is 13.8. The highest BCUT2D eigenvalue weighted by Crippen LogP contribution is 2.25. The van der Waals surface area contributed by atoms with Crippen LogP contribution in [-0.4, -0.2) is 24.3 Å². The number of nitrogens with one attached hydrogen (secondary N) is 2. The zero-order valence-electron chi connectivity index (χ0n) is 18.8. The SMILES string of the molecule is Cc1ccc(S(=O)(=O)Nc2cccc(C(=O)Nc3ccc(Oc4ncccn4)cc3C)c2)cc1F. The Morgan fingerprint density at radius 1 is 0.914 bits per heavy atom. The molecule has 10 heteroatoms. The summed E-state index contributed by atoms with van der Waals surface area (Å²) in [5.74, 6) is -0.546. The first-order valence-corrected chi connectivity index (χ1v) is 12.0. The van der Waals surface area contributed by atoms with Crippen LogP contribution in [0.3, 0.4) is 0 Å². The predicted molar refractivity (Wildman–Crippen MR) is 130 cm³/mol. The van der Waals surface area contributed by atoms with Gasteiger partial charge in [0, 0.05) is 29.3 Å². The highest BCUT2D eigenvalue weighted by Gasteiger charge is 2.17. The molecule has 0 radical (unpaired) electrons. The molecule has 1 amide bonds. The van der Waals surface area contributed by atoms with Crippen LogP contribution < -0.4 is 14.8 Å². The number of sulfonamides is 1. The van der Waals surface area contributed by atoms with E-state index in [1.807, 2.05) is 0 Å². The van der Waals surface area contributed by atoms with Crippen LogP contribution in [0.1, 0.15) is 21.5 Å². The number of aryl methyl sites for hydroxylation is 2. The minimum absolute atomic E-state index is 0.168. The van der Waals surface area contributed by atoms with Crippen LogP contribution in [0.15, 0.2) is 84.0 Å². The molecule has 0 unspecified atom stereocenters. The molecule has 1 heterocycles. The van der Waals surface area contributed by atoms with Gasteiger partial charge in [0.1, 0.15) is 11.6 Å². The van der Waals surface area contributed by atoms with E-state index in [0.29, 0.717) is 17.0 Å². The number of aromatic nitrogens is 2. The third kappa shape index (κ3) is 5.79. The van der Waals surface area contributed by atoms with E-state index in [1.165, 1.54) is 24.3 Å². The first-order chi connectivity index (χ1) is 16.7. The van der Waals surface area contributed by atoms with E-state index >= 15 is 0 Å². The Morgan fingerprint density at radius 3 is 2.40 bits per heavy atom. The second-order valence-electron chi connectivity index (χ2n) is 7.66. The molecule has 0 aliphatic carbocycles. The number of anilines is 2. The van der Waals surface area contributed by atoms with Gasteiger partial charge in [-0.15, -0.1) is 0 Å². The standard InChI is InChI=1S/C25H21FN4O4S/c1-16-7-9-21(15-22(16)26)35(32,33)30-19-6-3-5-18(14-19)24(31)29-23-10-8-20(13-17(23)2)34-25-27-11-4-12-28-25/h3-15,30H,1-2H3,(H,29,31). The minimum Gasteiger partial charge on any atom is -0.424 e. The van der Waals surface area contributed by atoms with Gasteiger partial charge in [0.15, 0.2) is 0 Å². The monoisotopic (exact) mass is 492 g/mol. The van der Waals surface area contributed by atoms with E-state index in [1.54, 1.807) is 62.6 Å². The summed E-state index contributed by atoms with van der Waals surface area (Å²) in [7, 11) is -4.04. The van der Waals surface area contributed by atoms with Crippen LogP contribution in [0.4, 0.5) is 15.8 Å². The van der Waals surface area contributed by atoms with Crippen LogP contribution in [0.2, 0.25) is 0 Å². The largest absolute Gasteiger partial charge is 0.424 e. The van der Waals surface area contributed by atoms with Crippen LogP contribution in [-0.2, 0) is 10.0 Å². The molecule has 1 aromatic heterocycles. The third-order valence-corrected chi connectivity index (χ3v) is 6.41. The molecular weight excluding hydrogens is 471 g/mol. The molecule has 35 heavy (non-hydrogen) atoms. The van der Waals surface area contributed by atoms with Gasteiger partial charge >= 0.3 is 6.01 Å². The van der Waals surface area contributed by atoms with Crippen molar-refractivity contribution in [3.63, 3.8) is 0 Å². The third-order valence-electron chi connectivity index (χ3n) is 5.03. The Kier molecular flexibility index (Phi) is 6.74. The topological polar surface area (TPSA) is 110 Å². The lowest BCUT2D eigenvalue weighted by Gasteiger charge is -2.12. The number of ether oxygens (including phenoxy) is 1. The highest BCUT2D eigenvalue weighted by molar-refractivity contribution is 7.92. The number of carbonyl (C=O) groups excluding carboxylic acids is 1. The quantitative estimate of drug-likeness (QED) is 0.372. The van der Waals surface area contributed by atoms with Crippen LogP contribution >= 0.6 is 0 Å². The lowest BCUT2D eigenvalue weighted by molar-refractivity contribution is 0.102. The Morgan fingerprint density at radius 2 is 1.69 bits per heavy atom. The molecule has 0 aliphatic rings. The lowest BCUT2D eigenvalue weighted by atomic mass is 10.1. The van der Waals surface area contributed by atoms with Gasteiger partial charge in [-0.1, -0.05) is 12.1 Å². The van der Waals surface area contributed by atoms with Gasteiger partial charge in [0.25, 0.3) is 15.9 Å². The van der Waals surface area contributed by atoms with Crippen molar-refractivity contribution in [1.82, 2.24) is 9.97 Å². The van der Waals surface area contributed by atoms with Gasteiger partial charge in [0.2, 0.25) is 0 Å². The molecule has 0 saturated heterocycles. The van der Waals surface area contributed by atoms with E-state index in [2.05, 4.69) is 20.0 Å². The van der Waals surface area contributed by atoms with Gasteiger partial charge in [0.05, 0.1) is 4.90 Å². The zero-order chi connectivity index (χ0) is 25.0. The van der Waals surface area contributed by atoms with Crippen molar-refractivity contribution in [1.29, 1.82) is 0 Å². The summed E-state index contributed by atoms with van der Waals surface area (Å²) >= 11 is 0. The predicted octanol–water partition coefficient (Wildman–Crippen LogP) is 5.08. The van der Waals surface area contributed by atoms with Crippen molar-refractivity contribution in [2.24, 2.45) is 0 Å². The van der Waals surface area contributed by atoms with Gasteiger partial charge in [-0.3, -0.25) is 9.52 Å². The number of carbonyl (C=O) groups is 1. The molecule has 0 aliphatic heterocycles. The smallest absolute Gasteiger partial charge is 0.321 e. The Balaban J connectivity index is 1.47. The molecule has 0 spiro atoms. The van der Waals surface area contributed by atoms with Gasteiger partial charge in [-0.25, -0.2) is 22.8 Å². The second kappa shape index (κ2) is 9.90. The Labute approximate surface area is 201 Å². The van der Waals surface area contributed by atoms with E-state index in [0.717, 1.165) is 11.6 Å². The summed E-state index contributed by atoms with van der Waals surface area (Å²) < 4.78 is 47.1. The molecule has 0 atom stereocenters. The number of hydrogen-bond donors (Lipinski definition) is 2. The van der Waals surface area contributed by atoms with Crippen LogP contribution in [0.5, 0.6) is 11.8 Å². The molecule has 8 nitrogen and oxygen atoms in total. The van der Waals surface area contributed by atoms with Crippen LogP contribution in [0, 0.1) is 19.7 Å². The summed E-state index contributed by atoms with van der Waals surface area (Å²) in [6.07, 6.45) is 3.13. The van der Waals surface area contributed by atoms with Crippen molar-refractivity contribution in [2.45, 2.75) is 18.7 Å². The fourth-order valence-electron chi connectivity index (χ4n) is 3.16. The summed E-state index contributed by atoms with van der Waals surface area (Å²) in [6.45, 7) is 3.35. The lowest BCUT2D eigenvalue weighted by Crippen LogP contribution is -2.15. The van der Waals surface area contributed by atoms with Crippen molar-refractivity contribution in [3.8, 4) is 11.8 Å². The maximum Gasteiger partial charge on any atom is 0.321 e. The highest BCUT2D eigenvalue weighted by atomic mass is 32.2. The van der Waals surface area contributed by atoms with Gasteiger partial charge in [-0.05, 0) is 79.6 Å². The molecular formula is C25H21FN4O4S. The molecule has 0 saturated carbocycles. The first kappa shape index (κ1) is 23.8. The summed E-state index contributed by atoms with van der Waals surface area (Å²) in [6, 6.07) is 16.6. The molecule has 4 rings (SSSR count). The van der Waals surface area contributed by atoms with Gasteiger partial charge < -0.3 is 10.1 Å². The number of halogens is 1. The van der Waals surface area contributed by atoms with Crippen molar-refractivity contribution >= 4 is 27.3 Å². The van der Waals surface area contributed by atoms with Crippen molar-refractivity contribution < 1.29 is 22.3 Å². The zero-order valence-corrected chi connectivity index (χ0v) is 19.6. The number of amides is 1. The van der Waals surface area contributed by atoms with Crippen molar-refractivity contribution in [3.05, 3.63) is 102 Å². The van der Waals surface area contributed by atoms with Gasteiger partial charge in [-0.2, -0.15) is 0 Å².